The van der Waals surface area contributed by atoms with Crippen molar-refractivity contribution in [1.82, 2.24) is 0 Å². The van der Waals surface area contributed by atoms with Crippen LogP contribution in [0.3, 0.4) is 0 Å². The van der Waals surface area contributed by atoms with Crippen molar-refractivity contribution in [1.29, 1.82) is 0 Å². The minimum Gasteiger partial charge on any atom is -0.303 e. The van der Waals surface area contributed by atoms with Crippen molar-refractivity contribution >= 4 is 6.29 Å². The highest BCUT2D eigenvalue weighted by Crippen LogP contribution is 2.25. The summed E-state index contributed by atoms with van der Waals surface area (Å²) in [6.45, 7) is 7.97. The average molecular weight is 140 g/mol. The molecule has 1 heteroatoms. The summed E-state index contributed by atoms with van der Waals surface area (Å²) >= 11 is 0. The second kappa shape index (κ2) is 4.26. The summed E-state index contributed by atoms with van der Waals surface area (Å²) in [5, 5.41) is 0. The van der Waals surface area contributed by atoms with Gasteiger partial charge in [-0.05, 0) is 18.3 Å². The molecule has 0 spiro atoms. The zero-order valence-corrected chi connectivity index (χ0v) is 6.89. The van der Waals surface area contributed by atoms with Gasteiger partial charge in [0.1, 0.15) is 6.29 Å². The van der Waals surface area contributed by atoms with E-state index in [1.54, 1.807) is 0 Å². The predicted octanol–water partition coefficient (Wildman–Crippen LogP) is 2.57. The molecular weight excluding hydrogens is 124 g/mol. The Morgan fingerprint density at radius 3 is 2.50 bits per heavy atom. The fraction of sp³-hybridized carbons (Fsp3) is 0.667. The Morgan fingerprint density at radius 2 is 2.10 bits per heavy atom. The minimum atomic E-state index is 0.253. The second-order valence-electron chi connectivity index (χ2n) is 3.36. The summed E-state index contributed by atoms with van der Waals surface area (Å²) in [4.78, 5) is 10.0. The van der Waals surface area contributed by atoms with Crippen molar-refractivity contribution in [2.75, 3.05) is 0 Å². The molecule has 0 unspecified atom stereocenters. The van der Waals surface area contributed by atoms with Crippen LogP contribution in [0.5, 0.6) is 0 Å². The van der Waals surface area contributed by atoms with Crippen LogP contribution >= 0.6 is 0 Å². The molecule has 10 heavy (non-hydrogen) atoms. The smallest absolute Gasteiger partial charge is 0.120 e. The van der Waals surface area contributed by atoms with Crippen molar-refractivity contribution in [3.8, 4) is 0 Å². The highest BCUT2D eigenvalue weighted by molar-refractivity contribution is 5.49. The van der Waals surface area contributed by atoms with Crippen LogP contribution in [0.15, 0.2) is 12.7 Å². The number of carbonyl (C=O) groups excluding carboxylic acids is 1. The van der Waals surface area contributed by atoms with E-state index in [-0.39, 0.29) is 5.41 Å². The van der Waals surface area contributed by atoms with E-state index in [1.807, 2.05) is 6.08 Å². The van der Waals surface area contributed by atoms with Crippen molar-refractivity contribution in [2.45, 2.75) is 33.1 Å². The van der Waals surface area contributed by atoms with Gasteiger partial charge in [-0.25, -0.2) is 0 Å². The van der Waals surface area contributed by atoms with Crippen molar-refractivity contribution in [3.63, 3.8) is 0 Å². The van der Waals surface area contributed by atoms with Crippen LogP contribution in [0, 0.1) is 5.41 Å². The maximum absolute atomic E-state index is 10.0. The van der Waals surface area contributed by atoms with Gasteiger partial charge in [-0.3, -0.25) is 0 Å². The van der Waals surface area contributed by atoms with Gasteiger partial charge >= 0.3 is 0 Å². The Morgan fingerprint density at radius 1 is 1.50 bits per heavy atom. The molecule has 0 aromatic heterocycles. The summed E-state index contributed by atoms with van der Waals surface area (Å²) in [5.74, 6) is 0. The summed E-state index contributed by atoms with van der Waals surface area (Å²) in [6.07, 6.45) is 5.50. The number of allylic oxidation sites excluding steroid dienone is 1. The summed E-state index contributed by atoms with van der Waals surface area (Å²) in [5.41, 5.74) is 0.253. The highest BCUT2D eigenvalue weighted by atomic mass is 16.1. The fourth-order valence-electron chi connectivity index (χ4n) is 0.942. The Bertz CT molecular complexity index is 114. The third-order valence-electron chi connectivity index (χ3n) is 1.64. The third-order valence-corrected chi connectivity index (χ3v) is 1.64. The predicted molar refractivity (Wildman–Crippen MR) is 43.9 cm³/mol. The molecule has 0 bridgehead atoms. The first-order valence-electron chi connectivity index (χ1n) is 3.67. The standard InChI is InChI=1S/C9H16O/c1-4-6-9(2,3)7-5-8-10/h4,8H,1,5-7H2,2-3H3. The topological polar surface area (TPSA) is 17.1 Å². The second-order valence-corrected chi connectivity index (χ2v) is 3.36. The lowest BCUT2D eigenvalue weighted by Crippen LogP contribution is -2.09. The van der Waals surface area contributed by atoms with E-state index < -0.39 is 0 Å². The SMILES string of the molecule is C=CCC(C)(C)CCC=O. The molecule has 0 aromatic carbocycles. The van der Waals surface area contributed by atoms with Crippen molar-refractivity contribution in [3.05, 3.63) is 12.7 Å². The van der Waals surface area contributed by atoms with Crippen LogP contribution in [-0.2, 0) is 4.79 Å². The maximum Gasteiger partial charge on any atom is 0.120 e. The van der Waals surface area contributed by atoms with Crippen molar-refractivity contribution < 1.29 is 4.79 Å². The molecule has 0 aromatic rings. The lowest BCUT2D eigenvalue weighted by atomic mass is 9.85. The first-order valence-corrected chi connectivity index (χ1v) is 3.67. The highest BCUT2D eigenvalue weighted by Gasteiger charge is 2.14. The lowest BCUT2D eigenvalue weighted by molar-refractivity contribution is -0.108. The van der Waals surface area contributed by atoms with E-state index in [1.165, 1.54) is 0 Å². The molecule has 0 N–H and O–H groups in total. The summed E-state index contributed by atoms with van der Waals surface area (Å²) in [6, 6.07) is 0. The van der Waals surface area contributed by atoms with Gasteiger partial charge in [0.05, 0.1) is 0 Å². The largest absolute Gasteiger partial charge is 0.303 e. The fourth-order valence-corrected chi connectivity index (χ4v) is 0.942. The Hall–Kier alpha value is -0.590. The van der Waals surface area contributed by atoms with Gasteiger partial charge in [0.2, 0.25) is 0 Å². The van der Waals surface area contributed by atoms with Crippen LogP contribution in [0.25, 0.3) is 0 Å². The molecule has 0 amide bonds. The van der Waals surface area contributed by atoms with Gasteiger partial charge in [0, 0.05) is 6.42 Å². The molecule has 0 atom stereocenters. The van der Waals surface area contributed by atoms with E-state index in [4.69, 9.17) is 0 Å². The molecule has 0 saturated carbocycles. The molecule has 1 nitrogen and oxygen atoms in total. The molecule has 0 aliphatic rings. The van der Waals surface area contributed by atoms with Gasteiger partial charge in [-0.15, -0.1) is 6.58 Å². The van der Waals surface area contributed by atoms with E-state index >= 15 is 0 Å². The molecule has 0 saturated heterocycles. The number of rotatable bonds is 5. The van der Waals surface area contributed by atoms with E-state index in [2.05, 4.69) is 20.4 Å². The van der Waals surface area contributed by atoms with E-state index in [9.17, 15) is 4.79 Å². The number of aldehydes is 1. The molecule has 58 valence electrons. The molecule has 0 rings (SSSR count). The molecule has 0 heterocycles. The lowest BCUT2D eigenvalue weighted by Gasteiger charge is -2.20. The van der Waals surface area contributed by atoms with Crippen LogP contribution in [0.1, 0.15) is 33.1 Å². The van der Waals surface area contributed by atoms with Crippen LogP contribution in [-0.4, -0.2) is 6.29 Å². The number of carbonyl (C=O) groups is 1. The van der Waals surface area contributed by atoms with Crippen molar-refractivity contribution in [2.24, 2.45) is 5.41 Å². The first-order chi connectivity index (χ1) is 4.62. The first kappa shape index (κ1) is 9.41. The van der Waals surface area contributed by atoms with Gasteiger partial charge in [-0.2, -0.15) is 0 Å². The maximum atomic E-state index is 10.0. The molecular formula is C9H16O. The number of hydrogen-bond acceptors (Lipinski definition) is 1. The van der Waals surface area contributed by atoms with Gasteiger partial charge in [0.25, 0.3) is 0 Å². The Balaban J connectivity index is 3.61. The van der Waals surface area contributed by atoms with E-state index in [0.29, 0.717) is 6.42 Å². The Labute approximate surface area is 63.1 Å². The zero-order chi connectivity index (χ0) is 8.04. The van der Waals surface area contributed by atoms with Gasteiger partial charge in [-0.1, -0.05) is 19.9 Å². The van der Waals surface area contributed by atoms with Crippen LogP contribution in [0.2, 0.25) is 0 Å². The number of hydrogen-bond donors (Lipinski definition) is 0. The third kappa shape index (κ3) is 4.30. The summed E-state index contributed by atoms with van der Waals surface area (Å²) < 4.78 is 0. The quantitative estimate of drug-likeness (QED) is 0.423. The van der Waals surface area contributed by atoms with Crippen LogP contribution < -0.4 is 0 Å². The summed E-state index contributed by atoms with van der Waals surface area (Å²) in [7, 11) is 0. The molecule has 0 aliphatic carbocycles. The average Bonchev–Trinajstić information content (AvgIpc) is 1.84. The van der Waals surface area contributed by atoms with E-state index in [0.717, 1.165) is 19.1 Å². The monoisotopic (exact) mass is 140 g/mol. The van der Waals surface area contributed by atoms with Crippen LogP contribution in [0.4, 0.5) is 0 Å². The van der Waals surface area contributed by atoms with Gasteiger partial charge in [0.15, 0.2) is 0 Å². The molecule has 0 radical (unpaired) electrons. The molecule has 0 fully saturated rings. The Kier molecular flexibility index (Phi) is 4.01. The zero-order valence-electron chi connectivity index (χ0n) is 6.89. The van der Waals surface area contributed by atoms with Gasteiger partial charge < -0.3 is 4.79 Å². The minimum absolute atomic E-state index is 0.253. The molecule has 0 aliphatic heterocycles. The normalized spacial score (nSPS) is 11.0.